The van der Waals surface area contributed by atoms with Crippen LogP contribution in [0.5, 0.6) is 0 Å². The molecule has 1 aliphatic carbocycles. The Hall–Kier alpha value is -1.96. The smallest absolute Gasteiger partial charge is 0.348 e. The highest BCUT2D eigenvalue weighted by Gasteiger charge is 2.45. The quantitative estimate of drug-likeness (QED) is 0.927. The Morgan fingerprint density at radius 1 is 1.39 bits per heavy atom. The van der Waals surface area contributed by atoms with Crippen molar-refractivity contribution < 1.29 is 18.0 Å². The molecule has 1 N–H and O–H groups in total. The van der Waals surface area contributed by atoms with Gasteiger partial charge in [-0.25, -0.2) is 0 Å². The predicted molar refractivity (Wildman–Crippen MR) is 79.3 cm³/mol. The fourth-order valence-corrected chi connectivity index (χ4v) is 3.28. The fourth-order valence-electron chi connectivity index (χ4n) is 2.62. The van der Waals surface area contributed by atoms with E-state index in [2.05, 4.69) is 14.9 Å². The molecule has 23 heavy (non-hydrogen) atoms. The molecule has 1 amide bonds. The van der Waals surface area contributed by atoms with Crippen LogP contribution in [0.4, 0.5) is 13.2 Å². The minimum Gasteiger partial charge on any atom is -0.348 e. The van der Waals surface area contributed by atoms with Crippen LogP contribution >= 0.6 is 11.5 Å². The number of amides is 1. The lowest BCUT2D eigenvalue weighted by atomic mass is 10.0. The van der Waals surface area contributed by atoms with Crippen LogP contribution < -0.4 is 5.32 Å². The number of aryl methyl sites for hydroxylation is 1. The summed E-state index contributed by atoms with van der Waals surface area (Å²) in [6, 6.07) is 5.24. The van der Waals surface area contributed by atoms with Crippen molar-refractivity contribution in [3.8, 4) is 0 Å². The molecule has 122 valence electrons. The second-order valence-corrected chi connectivity index (χ2v) is 6.16. The minimum absolute atomic E-state index is 0.239. The molecule has 1 saturated carbocycles. The van der Waals surface area contributed by atoms with Crippen LogP contribution in [0.25, 0.3) is 0 Å². The minimum atomic E-state index is -4.38. The van der Waals surface area contributed by atoms with Gasteiger partial charge in [0.1, 0.15) is 4.88 Å². The molecule has 3 rings (SSSR count). The molecule has 1 aromatic heterocycles. The van der Waals surface area contributed by atoms with Gasteiger partial charge in [-0.15, -0.1) is 5.10 Å². The summed E-state index contributed by atoms with van der Waals surface area (Å²) in [6.07, 6.45) is -3.29. The average Bonchev–Trinajstić information content (AvgIpc) is 3.10. The van der Waals surface area contributed by atoms with Crippen molar-refractivity contribution in [3.05, 3.63) is 46.0 Å². The summed E-state index contributed by atoms with van der Waals surface area (Å²) in [5.41, 5.74) is 0.222. The maximum atomic E-state index is 13.0. The maximum absolute atomic E-state index is 13.0. The van der Waals surface area contributed by atoms with Crippen molar-refractivity contribution in [1.29, 1.82) is 0 Å². The zero-order valence-corrected chi connectivity index (χ0v) is 13.0. The normalized spacial score (nSPS) is 20.3. The van der Waals surface area contributed by atoms with Gasteiger partial charge >= 0.3 is 6.18 Å². The van der Waals surface area contributed by atoms with Crippen LogP contribution in [-0.4, -0.2) is 21.5 Å². The second-order valence-electron chi connectivity index (χ2n) is 5.41. The van der Waals surface area contributed by atoms with Gasteiger partial charge in [-0.1, -0.05) is 29.6 Å². The van der Waals surface area contributed by atoms with Crippen LogP contribution in [0.15, 0.2) is 24.3 Å². The Bertz CT molecular complexity index is 729. The lowest BCUT2D eigenvalue weighted by Crippen LogP contribution is -2.27. The molecule has 1 aromatic carbocycles. The van der Waals surface area contributed by atoms with E-state index in [0.29, 0.717) is 23.4 Å². The molecule has 2 aromatic rings. The molecule has 1 fully saturated rings. The molecule has 1 aliphatic rings. The Balaban J connectivity index is 1.73. The van der Waals surface area contributed by atoms with E-state index in [1.807, 2.05) is 6.92 Å². The van der Waals surface area contributed by atoms with Crippen molar-refractivity contribution in [3.63, 3.8) is 0 Å². The summed E-state index contributed by atoms with van der Waals surface area (Å²) in [6.45, 7) is 1.87. The number of carbonyl (C=O) groups is 1. The van der Waals surface area contributed by atoms with E-state index in [-0.39, 0.29) is 23.4 Å². The first-order valence-electron chi connectivity index (χ1n) is 7.20. The Morgan fingerprint density at radius 2 is 2.13 bits per heavy atom. The number of nitrogens with one attached hydrogen (secondary N) is 1. The number of hydrogen-bond acceptors (Lipinski definition) is 4. The average molecular weight is 341 g/mol. The van der Waals surface area contributed by atoms with Crippen molar-refractivity contribution in [2.24, 2.45) is 0 Å². The van der Waals surface area contributed by atoms with Gasteiger partial charge in [-0.05, 0) is 36.0 Å². The Morgan fingerprint density at radius 3 is 2.83 bits per heavy atom. The number of aromatic nitrogens is 2. The molecule has 1 heterocycles. The van der Waals surface area contributed by atoms with Gasteiger partial charge < -0.3 is 5.32 Å². The summed E-state index contributed by atoms with van der Waals surface area (Å²) >= 11 is 1.00. The number of halogens is 3. The standard InChI is InChI=1S/C15H14F3N3OS/c1-2-11-13(23-21-20-11)14(22)19-12-7-9(12)8-5-3-4-6-10(8)15(16,17)18/h3-6,9,12H,2,7H2,1H3,(H,19,22)/t9-,12-/m0/s1. The van der Waals surface area contributed by atoms with E-state index in [9.17, 15) is 18.0 Å². The third-order valence-electron chi connectivity index (χ3n) is 3.87. The SMILES string of the molecule is CCc1nnsc1C(=O)N[C@H]1C[C@H]1c1ccccc1C(F)(F)F. The number of rotatable bonds is 4. The zero-order valence-electron chi connectivity index (χ0n) is 12.2. The molecule has 2 atom stereocenters. The molecule has 0 aliphatic heterocycles. The highest BCUT2D eigenvalue weighted by molar-refractivity contribution is 7.08. The van der Waals surface area contributed by atoms with Gasteiger partial charge in [0, 0.05) is 12.0 Å². The molecule has 0 bridgehead atoms. The first-order chi connectivity index (χ1) is 10.9. The zero-order chi connectivity index (χ0) is 16.6. The molecule has 8 heteroatoms. The number of benzene rings is 1. The first-order valence-corrected chi connectivity index (χ1v) is 7.97. The monoisotopic (exact) mass is 341 g/mol. The highest BCUT2D eigenvalue weighted by Crippen LogP contribution is 2.46. The van der Waals surface area contributed by atoms with Crippen molar-refractivity contribution in [2.75, 3.05) is 0 Å². The van der Waals surface area contributed by atoms with Gasteiger partial charge in [0.05, 0.1) is 11.3 Å². The van der Waals surface area contributed by atoms with E-state index < -0.39 is 11.7 Å². The molecule has 0 radical (unpaired) electrons. The number of hydrogen-bond donors (Lipinski definition) is 1. The summed E-state index contributed by atoms with van der Waals surface area (Å²) in [5.74, 6) is -0.614. The number of carbonyl (C=O) groups excluding carboxylic acids is 1. The number of alkyl halides is 3. The third kappa shape index (κ3) is 3.21. The van der Waals surface area contributed by atoms with Crippen LogP contribution in [0, 0.1) is 0 Å². The van der Waals surface area contributed by atoms with Crippen LogP contribution in [0.1, 0.15) is 45.8 Å². The third-order valence-corrected chi connectivity index (χ3v) is 4.64. The molecule has 4 nitrogen and oxygen atoms in total. The largest absolute Gasteiger partial charge is 0.416 e. The van der Waals surface area contributed by atoms with Crippen LogP contribution in [0.2, 0.25) is 0 Å². The molecule has 0 spiro atoms. The van der Waals surface area contributed by atoms with Gasteiger partial charge in [0.15, 0.2) is 0 Å². The lowest BCUT2D eigenvalue weighted by Gasteiger charge is -2.12. The summed E-state index contributed by atoms with van der Waals surface area (Å²) in [4.78, 5) is 12.6. The topological polar surface area (TPSA) is 54.9 Å². The first kappa shape index (κ1) is 15.9. The van der Waals surface area contributed by atoms with E-state index in [1.165, 1.54) is 12.1 Å². The lowest BCUT2D eigenvalue weighted by molar-refractivity contribution is -0.138. The molecule has 0 saturated heterocycles. The molecule has 0 unspecified atom stereocenters. The van der Waals surface area contributed by atoms with Gasteiger partial charge in [0.2, 0.25) is 0 Å². The van der Waals surface area contributed by atoms with Gasteiger partial charge in [0.25, 0.3) is 5.91 Å². The molecular weight excluding hydrogens is 327 g/mol. The predicted octanol–water partition coefficient (Wildman–Crippen LogP) is 3.41. The van der Waals surface area contributed by atoms with Gasteiger partial charge in [-0.2, -0.15) is 13.2 Å². The van der Waals surface area contributed by atoms with Crippen molar-refractivity contribution in [1.82, 2.24) is 14.9 Å². The van der Waals surface area contributed by atoms with Crippen LogP contribution in [0.3, 0.4) is 0 Å². The number of nitrogens with zero attached hydrogens (tertiary/aromatic N) is 2. The Kier molecular flexibility index (Phi) is 4.09. The van der Waals surface area contributed by atoms with E-state index in [0.717, 1.165) is 17.6 Å². The maximum Gasteiger partial charge on any atom is 0.416 e. The second kappa shape index (κ2) is 5.92. The van der Waals surface area contributed by atoms with E-state index in [4.69, 9.17) is 0 Å². The van der Waals surface area contributed by atoms with Crippen molar-refractivity contribution in [2.45, 2.75) is 37.9 Å². The highest BCUT2D eigenvalue weighted by atomic mass is 32.1. The summed E-state index contributed by atoms with van der Waals surface area (Å²) in [5, 5.41) is 6.65. The van der Waals surface area contributed by atoms with Crippen molar-refractivity contribution >= 4 is 17.4 Å². The van der Waals surface area contributed by atoms with E-state index in [1.54, 1.807) is 6.07 Å². The van der Waals surface area contributed by atoms with Crippen LogP contribution in [-0.2, 0) is 12.6 Å². The summed E-state index contributed by atoms with van der Waals surface area (Å²) < 4.78 is 42.9. The summed E-state index contributed by atoms with van der Waals surface area (Å²) in [7, 11) is 0. The fraction of sp³-hybridized carbons (Fsp3) is 0.400. The van der Waals surface area contributed by atoms with Gasteiger partial charge in [-0.3, -0.25) is 4.79 Å². The van der Waals surface area contributed by atoms with E-state index >= 15 is 0 Å². The molecular formula is C15H14F3N3OS. The Labute approximate surface area is 134 Å².